The van der Waals surface area contributed by atoms with Crippen LogP contribution in [0.1, 0.15) is 27.4 Å². The van der Waals surface area contributed by atoms with Gasteiger partial charge in [-0.2, -0.15) is 0 Å². The number of carbonyl (C=O) groups excluding carboxylic acids is 1. The largest absolute Gasteiger partial charge is 0.299 e. The second kappa shape index (κ2) is 6.66. The summed E-state index contributed by atoms with van der Waals surface area (Å²) in [4.78, 5) is 42.7. The van der Waals surface area contributed by atoms with E-state index in [9.17, 15) is 18.8 Å². The summed E-state index contributed by atoms with van der Waals surface area (Å²) >= 11 is 0. The summed E-state index contributed by atoms with van der Waals surface area (Å²) in [6, 6.07) is 10.1. The number of halogens is 1. The van der Waals surface area contributed by atoms with Crippen LogP contribution in [-0.2, 0) is 7.05 Å². The van der Waals surface area contributed by atoms with Crippen LogP contribution in [0.25, 0.3) is 16.6 Å². The Bertz CT molecular complexity index is 1390. The van der Waals surface area contributed by atoms with Gasteiger partial charge in [-0.25, -0.2) is 9.37 Å². The maximum absolute atomic E-state index is 13.3. The van der Waals surface area contributed by atoms with E-state index in [1.807, 2.05) is 0 Å². The molecule has 8 heteroatoms. The highest BCUT2D eigenvalue weighted by molar-refractivity contribution is 6.10. The Kier molecular flexibility index (Phi) is 4.26. The quantitative estimate of drug-likeness (QED) is 0.542. The molecule has 0 radical (unpaired) electrons. The molecular formula is C21H17FN4O3. The van der Waals surface area contributed by atoms with E-state index < -0.39 is 17.2 Å². The van der Waals surface area contributed by atoms with Crippen LogP contribution < -0.4 is 11.1 Å². The van der Waals surface area contributed by atoms with Crippen molar-refractivity contribution in [1.29, 1.82) is 0 Å². The van der Waals surface area contributed by atoms with Crippen molar-refractivity contribution in [1.82, 2.24) is 19.3 Å². The van der Waals surface area contributed by atoms with Crippen molar-refractivity contribution in [3.05, 3.63) is 91.6 Å². The van der Waals surface area contributed by atoms with Crippen molar-refractivity contribution < 1.29 is 9.18 Å². The molecule has 0 unspecified atom stereocenters. The highest BCUT2D eigenvalue weighted by atomic mass is 19.1. The molecule has 0 atom stereocenters. The molecule has 0 saturated carbocycles. The molecule has 0 fully saturated rings. The zero-order chi connectivity index (χ0) is 20.9. The van der Waals surface area contributed by atoms with Crippen molar-refractivity contribution >= 4 is 16.7 Å². The number of nitrogens with one attached hydrogen (secondary N) is 1. The third-order valence-electron chi connectivity index (χ3n) is 4.84. The van der Waals surface area contributed by atoms with Crippen LogP contribution in [0.4, 0.5) is 4.39 Å². The van der Waals surface area contributed by atoms with E-state index in [-0.39, 0.29) is 22.1 Å². The number of benzene rings is 2. The minimum Gasteiger partial charge on any atom is -0.299 e. The van der Waals surface area contributed by atoms with Gasteiger partial charge in [-0.1, -0.05) is 0 Å². The van der Waals surface area contributed by atoms with Gasteiger partial charge in [0.05, 0.1) is 16.6 Å². The number of aromatic nitrogens is 4. The Balaban J connectivity index is 1.92. The summed E-state index contributed by atoms with van der Waals surface area (Å²) in [5.41, 5.74) is 0.784. The zero-order valence-electron chi connectivity index (χ0n) is 16.0. The van der Waals surface area contributed by atoms with Crippen molar-refractivity contribution in [2.75, 3.05) is 0 Å². The lowest BCUT2D eigenvalue weighted by molar-refractivity contribution is 0.103. The van der Waals surface area contributed by atoms with Gasteiger partial charge in [0.15, 0.2) is 5.78 Å². The van der Waals surface area contributed by atoms with E-state index >= 15 is 0 Å². The summed E-state index contributed by atoms with van der Waals surface area (Å²) in [7, 11) is 1.53. The van der Waals surface area contributed by atoms with Crippen molar-refractivity contribution in [2.45, 2.75) is 13.8 Å². The molecule has 0 aliphatic carbocycles. The van der Waals surface area contributed by atoms with Crippen LogP contribution in [0.5, 0.6) is 0 Å². The predicted molar refractivity (Wildman–Crippen MR) is 106 cm³/mol. The van der Waals surface area contributed by atoms with Gasteiger partial charge in [0, 0.05) is 18.3 Å². The number of hydrogen-bond donors (Lipinski definition) is 1. The van der Waals surface area contributed by atoms with Gasteiger partial charge < -0.3 is 0 Å². The normalized spacial score (nSPS) is 11.2. The lowest BCUT2D eigenvalue weighted by atomic mass is 10.0. The predicted octanol–water partition coefficient (Wildman–Crippen LogP) is 2.40. The Hall–Kier alpha value is -3.81. The number of hydrogen-bond acceptors (Lipinski definition) is 4. The first-order valence-electron chi connectivity index (χ1n) is 8.87. The Morgan fingerprint density at radius 2 is 1.72 bits per heavy atom. The fourth-order valence-electron chi connectivity index (χ4n) is 3.43. The lowest BCUT2D eigenvalue weighted by Gasteiger charge is -2.11. The second-order valence-corrected chi connectivity index (χ2v) is 6.81. The molecule has 0 aliphatic rings. The first kappa shape index (κ1) is 18.5. The molecule has 2 aromatic carbocycles. The fraction of sp³-hybridized carbons (Fsp3) is 0.143. The van der Waals surface area contributed by atoms with Gasteiger partial charge in [0.2, 0.25) is 0 Å². The Morgan fingerprint density at radius 1 is 1.03 bits per heavy atom. The summed E-state index contributed by atoms with van der Waals surface area (Å²) in [5.74, 6) is -0.451. The second-order valence-electron chi connectivity index (χ2n) is 6.81. The van der Waals surface area contributed by atoms with Gasteiger partial charge in [-0.15, -0.1) is 0 Å². The standard InChI is InChI=1S/C21H17FN4O3/c1-11-18(21(29)25(3)24-11)19(27)13-4-9-17-16(10-13)20(28)26(12(2)23-17)15-7-5-14(22)6-8-15/h4-10,24H,1-3H3. The molecule has 146 valence electrons. The average molecular weight is 392 g/mol. The zero-order valence-corrected chi connectivity index (χ0v) is 16.0. The summed E-state index contributed by atoms with van der Waals surface area (Å²) in [6.07, 6.45) is 0. The van der Waals surface area contributed by atoms with E-state index in [0.717, 1.165) is 0 Å². The molecule has 4 rings (SSSR count). The lowest BCUT2D eigenvalue weighted by Crippen LogP contribution is -2.23. The number of aromatic amines is 1. The smallest absolute Gasteiger partial charge is 0.277 e. The SMILES string of the molecule is Cc1[nH]n(C)c(=O)c1C(=O)c1ccc2nc(C)n(-c3ccc(F)cc3)c(=O)c2c1. The molecule has 2 aromatic heterocycles. The van der Waals surface area contributed by atoms with Crippen LogP contribution in [0.3, 0.4) is 0 Å². The van der Waals surface area contributed by atoms with Crippen LogP contribution >= 0.6 is 0 Å². The Morgan fingerprint density at radius 3 is 2.34 bits per heavy atom. The van der Waals surface area contributed by atoms with E-state index in [1.165, 1.54) is 46.6 Å². The summed E-state index contributed by atoms with van der Waals surface area (Å²) < 4.78 is 15.8. The molecule has 4 aromatic rings. The van der Waals surface area contributed by atoms with E-state index in [4.69, 9.17) is 0 Å². The van der Waals surface area contributed by atoms with Gasteiger partial charge in [0.1, 0.15) is 17.2 Å². The molecule has 0 bridgehead atoms. The highest BCUT2D eigenvalue weighted by Gasteiger charge is 2.20. The van der Waals surface area contributed by atoms with Gasteiger partial charge in [0.25, 0.3) is 11.1 Å². The van der Waals surface area contributed by atoms with Gasteiger partial charge in [-0.3, -0.25) is 28.7 Å². The number of nitrogens with zero attached hydrogens (tertiary/aromatic N) is 3. The van der Waals surface area contributed by atoms with Crippen LogP contribution in [-0.4, -0.2) is 25.1 Å². The highest BCUT2D eigenvalue weighted by Crippen LogP contribution is 2.17. The van der Waals surface area contributed by atoms with Crippen molar-refractivity contribution in [3.8, 4) is 5.69 Å². The maximum atomic E-state index is 13.3. The van der Waals surface area contributed by atoms with Crippen molar-refractivity contribution in [3.63, 3.8) is 0 Å². The van der Waals surface area contributed by atoms with Gasteiger partial charge >= 0.3 is 0 Å². The topological polar surface area (TPSA) is 89.8 Å². The number of rotatable bonds is 3. The first-order chi connectivity index (χ1) is 13.8. The molecule has 1 N–H and O–H groups in total. The van der Waals surface area contributed by atoms with Crippen molar-refractivity contribution in [2.24, 2.45) is 7.05 Å². The molecule has 0 spiro atoms. The van der Waals surface area contributed by atoms with E-state index in [1.54, 1.807) is 26.0 Å². The monoisotopic (exact) mass is 392 g/mol. The van der Waals surface area contributed by atoms with Crippen LogP contribution in [0.2, 0.25) is 0 Å². The van der Waals surface area contributed by atoms with E-state index in [2.05, 4.69) is 10.1 Å². The first-order valence-corrected chi connectivity index (χ1v) is 8.87. The van der Waals surface area contributed by atoms with Crippen LogP contribution in [0.15, 0.2) is 52.1 Å². The maximum Gasteiger partial charge on any atom is 0.277 e. The number of carbonyl (C=O) groups is 1. The number of H-pyrrole nitrogens is 1. The van der Waals surface area contributed by atoms with E-state index in [0.29, 0.717) is 22.7 Å². The summed E-state index contributed by atoms with van der Waals surface area (Å²) in [5, 5.41) is 3.02. The summed E-state index contributed by atoms with van der Waals surface area (Å²) in [6.45, 7) is 3.32. The molecule has 29 heavy (non-hydrogen) atoms. The minimum atomic E-state index is -0.473. The minimum absolute atomic E-state index is 0.0331. The molecule has 0 saturated heterocycles. The fourth-order valence-corrected chi connectivity index (χ4v) is 3.43. The van der Waals surface area contributed by atoms with Gasteiger partial charge in [-0.05, 0) is 56.3 Å². The molecule has 0 amide bonds. The third-order valence-corrected chi connectivity index (χ3v) is 4.84. The average Bonchev–Trinajstić information content (AvgIpc) is 2.94. The third kappa shape index (κ3) is 2.98. The number of fused-ring (bicyclic) bond motifs is 1. The van der Waals surface area contributed by atoms with Crippen LogP contribution in [0, 0.1) is 19.7 Å². The molecule has 2 heterocycles. The number of aryl methyl sites for hydroxylation is 3. The molecule has 7 nitrogen and oxygen atoms in total. The number of ketones is 1. The Labute approximate surface area is 164 Å². The molecule has 0 aliphatic heterocycles. The molecular weight excluding hydrogens is 375 g/mol.